The van der Waals surface area contributed by atoms with E-state index in [9.17, 15) is 0 Å². The Balaban J connectivity index is 1.81. The first kappa shape index (κ1) is 15.6. The van der Waals surface area contributed by atoms with Crippen molar-refractivity contribution in [3.63, 3.8) is 0 Å². The number of pyridine rings is 1. The van der Waals surface area contributed by atoms with Crippen LogP contribution < -0.4 is 4.57 Å². The summed E-state index contributed by atoms with van der Waals surface area (Å²) in [7, 11) is 2.16. The molecule has 1 aromatic heterocycles. The summed E-state index contributed by atoms with van der Waals surface area (Å²) in [6.07, 6.45) is 4.08. The molecule has 128 valence electrons. The summed E-state index contributed by atoms with van der Waals surface area (Å²) in [5.41, 5.74) is 9.12. The van der Waals surface area contributed by atoms with Gasteiger partial charge in [-0.05, 0) is 72.2 Å². The Bertz CT molecular complexity index is 1120. The first-order valence-corrected chi connectivity index (χ1v) is 9.52. The number of aromatic nitrogens is 1. The Kier molecular flexibility index (Phi) is 3.25. The van der Waals surface area contributed by atoms with E-state index in [-0.39, 0.29) is 0 Å². The van der Waals surface area contributed by atoms with Crippen LogP contribution >= 0.6 is 0 Å². The first-order valence-electron chi connectivity index (χ1n) is 9.52. The van der Waals surface area contributed by atoms with Crippen LogP contribution in [0.4, 0.5) is 5.69 Å². The Morgan fingerprint density at radius 2 is 1.73 bits per heavy atom. The third-order valence-corrected chi connectivity index (χ3v) is 6.65. The maximum absolute atomic E-state index is 7.32. The molecule has 2 unspecified atom stereocenters. The lowest BCUT2D eigenvalue weighted by molar-refractivity contribution is -0.665. The molecule has 0 aliphatic heterocycles. The van der Waals surface area contributed by atoms with Gasteiger partial charge in [-0.25, -0.2) is 4.85 Å². The Labute approximate surface area is 154 Å². The highest BCUT2D eigenvalue weighted by molar-refractivity contribution is 5.96. The van der Waals surface area contributed by atoms with Crippen LogP contribution in [0.5, 0.6) is 0 Å². The van der Waals surface area contributed by atoms with Crippen molar-refractivity contribution in [2.75, 3.05) is 0 Å². The van der Waals surface area contributed by atoms with Gasteiger partial charge < -0.3 is 0 Å². The topological polar surface area (TPSA) is 8.24 Å². The molecule has 2 aliphatic rings. The fourth-order valence-electron chi connectivity index (χ4n) is 5.22. The van der Waals surface area contributed by atoms with Gasteiger partial charge in [0, 0.05) is 13.0 Å². The van der Waals surface area contributed by atoms with Crippen LogP contribution in [0.1, 0.15) is 53.5 Å². The van der Waals surface area contributed by atoms with Crippen molar-refractivity contribution in [1.82, 2.24) is 0 Å². The van der Waals surface area contributed by atoms with Crippen LogP contribution in [0, 0.1) is 20.4 Å². The summed E-state index contributed by atoms with van der Waals surface area (Å²) < 4.78 is 2.31. The summed E-state index contributed by atoms with van der Waals surface area (Å²) in [4.78, 5) is 3.61. The van der Waals surface area contributed by atoms with Crippen molar-refractivity contribution in [2.24, 2.45) is 7.05 Å². The highest BCUT2D eigenvalue weighted by Gasteiger charge is 2.37. The second-order valence-electron chi connectivity index (χ2n) is 8.08. The van der Waals surface area contributed by atoms with E-state index in [1.54, 1.807) is 11.1 Å². The molecule has 2 bridgehead atoms. The van der Waals surface area contributed by atoms with E-state index in [4.69, 9.17) is 6.57 Å². The zero-order valence-electron chi connectivity index (χ0n) is 15.6. The van der Waals surface area contributed by atoms with Gasteiger partial charge in [0.15, 0.2) is 11.4 Å². The molecule has 5 rings (SSSR count). The number of fused-ring (bicyclic) bond motifs is 6. The quantitative estimate of drug-likeness (QED) is 0.387. The van der Waals surface area contributed by atoms with Crippen molar-refractivity contribution >= 4 is 16.5 Å². The fourth-order valence-corrected chi connectivity index (χ4v) is 5.22. The number of hydrogen-bond acceptors (Lipinski definition) is 0. The van der Waals surface area contributed by atoms with Gasteiger partial charge in [0.2, 0.25) is 5.69 Å². The van der Waals surface area contributed by atoms with Crippen LogP contribution in [0.3, 0.4) is 0 Å². The molecule has 0 radical (unpaired) electrons. The minimum atomic E-state index is 0.708. The molecule has 0 saturated heterocycles. The lowest BCUT2D eigenvalue weighted by Crippen LogP contribution is -2.35. The monoisotopic (exact) mass is 339 g/mol. The molecule has 1 heterocycles. The van der Waals surface area contributed by atoms with Gasteiger partial charge in [-0.3, -0.25) is 0 Å². The molecule has 3 aromatic rings. The summed E-state index contributed by atoms with van der Waals surface area (Å²) in [5, 5.41) is 2.39. The average Bonchev–Trinajstić information content (AvgIpc) is 3.24. The molecule has 26 heavy (non-hydrogen) atoms. The second kappa shape index (κ2) is 5.42. The van der Waals surface area contributed by atoms with Crippen molar-refractivity contribution in [2.45, 2.75) is 44.9 Å². The first-order chi connectivity index (χ1) is 12.6. The second-order valence-corrected chi connectivity index (χ2v) is 8.08. The standard InChI is InChI=1S/C24H23N2/c1-14-9-22-16-5-6-17(11-16)23(22)13-21(14)24-20-8-7-19(25-3)12-18(20)10-15(2)26(24)4/h7-10,12-13,16-17H,5-6,11H2,1-2,4H3/q+1. The van der Waals surface area contributed by atoms with Gasteiger partial charge in [0.1, 0.15) is 7.05 Å². The largest absolute Gasteiger partial charge is 0.238 e. The van der Waals surface area contributed by atoms with E-state index < -0.39 is 0 Å². The van der Waals surface area contributed by atoms with Crippen LogP contribution in [0.2, 0.25) is 0 Å². The number of aryl methyl sites for hydroxylation is 2. The van der Waals surface area contributed by atoms with E-state index in [1.165, 1.54) is 47.2 Å². The van der Waals surface area contributed by atoms with E-state index in [1.807, 2.05) is 12.1 Å². The van der Waals surface area contributed by atoms with Crippen LogP contribution in [-0.4, -0.2) is 0 Å². The molecular formula is C24H23N2+. The minimum absolute atomic E-state index is 0.708. The zero-order valence-corrected chi connectivity index (χ0v) is 15.6. The molecule has 0 amide bonds. The fraction of sp³-hybridized carbons (Fsp3) is 0.333. The number of benzene rings is 2. The predicted molar refractivity (Wildman–Crippen MR) is 106 cm³/mol. The van der Waals surface area contributed by atoms with E-state index in [2.05, 4.69) is 54.6 Å². The van der Waals surface area contributed by atoms with E-state index in [0.717, 1.165) is 17.2 Å². The highest BCUT2D eigenvalue weighted by atomic mass is 14.9. The normalized spacial score (nSPS) is 20.4. The van der Waals surface area contributed by atoms with Gasteiger partial charge in [-0.15, -0.1) is 0 Å². The van der Waals surface area contributed by atoms with E-state index >= 15 is 0 Å². The lowest BCUT2D eigenvalue weighted by Gasteiger charge is -2.18. The Hall–Kier alpha value is -2.66. The third-order valence-electron chi connectivity index (χ3n) is 6.65. The van der Waals surface area contributed by atoms with Crippen LogP contribution in [0.25, 0.3) is 26.9 Å². The van der Waals surface area contributed by atoms with Crippen molar-refractivity contribution in [3.8, 4) is 11.3 Å². The average molecular weight is 339 g/mol. The summed E-state index contributed by atoms with van der Waals surface area (Å²) in [6, 6.07) is 13.2. The van der Waals surface area contributed by atoms with Crippen LogP contribution in [-0.2, 0) is 7.05 Å². The maximum atomic E-state index is 7.32. The number of rotatable bonds is 1. The molecule has 2 heteroatoms. The number of nitrogens with zero attached hydrogens (tertiary/aromatic N) is 2. The van der Waals surface area contributed by atoms with Crippen LogP contribution in [0.15, 0.2) is 36.4 Å². The molecule has 2 aromatic carbocycles. The Morgan fingerprint density at radius 3 is 2.46 bits per heavy atom. The van der Waals surface area contributed by atoms with Crippen molar-refractivity contribution in [1.29, 1.82) is 0 Å². The molecule has 0 N–H and O–H groups in total. The van der Waals surface area contributed by atoms with Crippen molar-refractivity contribution in [3.05, 3.63) is 70.2 Å². The Morgan fingerprint density at radius 1 is 1.00 bits per heavy atom. The molecule has 0 spiro atoms. The smallest absolute Gasteiger partial charge is 0.220 e. The minimum Gasteiger partial charge on any atom is -0.238 e. The van der Waals surface area contributed by atoms with Gasteiger partial charge in [-0.2, -0.15) is 4.57 Å². The predicted octanol–water partition coefficient (Wildman–Crippen LogP) is 5.86. The summed E-state index contributed by atoms with van der Waals surface area (Å²) >= 11 is 0. The third kappa shape index (κ3) is 2.07. The number of hydrogen-bond donors (Lipinski definition) is 0. The van der Waals surface area contributed by atoms with Gasteiger partial charge in [-0.1, -0.05) is 18.2 Å². The summed E-state index contributed by atoms with van der Waals surface area (Å²) in [5.74, 6) is 1.57. The molecule has 1 fully saturated rings. The maximum Gasteiger partial charge on any atom is 0.220 e. The van der Waals surface area contributed by atoms with Crippen molar-refractivity contribution < 1.29 is 4.57 Å². The van der Waals surface area contributed by atoms with Gasteiger partial charge >= 0.3 is 0 Å². The zero-order chi connectivity index (χ0) is 18.0. The van der Waals surface area contributed by atoms with E-state index in [0.29, 0.717) is 5.69 Å². The SMILES string of the molecule is [C-]#[N+]c1ccc2c(-c3cc4c(cc3C)C3CCC4C3)[n+](C)c(C)cc2c1. The van der Waals surface area contributed by atoms with Gasteiger partial charge in [0.05, 0.1) is 17.5 Å². The molecular weight excluding hydrogens is 316 g/mol. The summed E-state index contributed by atoms with van der Waals surface area (Å²) in [6.45, 7) is 11.7. The molecule has 2 aliphatic carbocycles. The highest BCUT2D eigenvalue weighted by Crippen LogP contribution is 2.54. The molecule has 1 saturated carbocycles. The lowest BCUT2D eigenvalue weighted by atomic mass is 9.87. The van der Waals surface area contributed by atoms with Gasteiger partial charge in [0.25, 0.3) is 0 Å². The molecule has 2 nitrogen and oxygen atoms in total. The molecule has 2 atom stereocenters.